The minimum atomic E-state index is 0.170. The minimum absolute atomic E-state index is 0.170. The Morgan fingerprint density at radius 3 is 2.85 bits per heavy atom. The second-order valence-electron chi connectivity index (χ2n) is 4.79. The first-order chi connectivity index (χ1) is 6.33. The van der Waals surface area contributed by atoms with E-state index in [0.717, 1.165) is 24.4 Å². The number of hydrogen-bond acceptors (Lipinski definition) is 2. The summed E-state index contributed by atoms with van der Waals surface area (Å²) < 4.78 is 8.29. The molecule has 0 radical (unpaired) electrons. The molecule has 1 saturated carbocycles. The maximum Gasteiger partial charge on any atom is 0.0797 e. The molecule has 13 heavy (non-hydrogen) atoms. The van der Waals surface area contributed by atoms with Crippen molar-refractivity contribution in [3.8, 4) is 0 Å². The van der Waals surface area contributed by atoms with Gasteiger partial charge in [0.1, 0.15) is 0 Å². The molecule has 3 heteroatoms. The van der Waals surface area contributed by atoms with Crippen molar-refractivity contribution in [2.75, 3.05) is 25.7 Å². The lowest BCUT2D eigenvalue weighted by molar-refractivity contribution is 0.0707. The van der Waals surface area contributed by atoms with Gasteiger partial charge < -0.3 is 4.74 Å². The molecule has 0 amide bonds. The standard InChI is InChI=1S/C10H18NOP/c1-2-10(3-4-10)7-11-9-5-12-8-13(11)6-9/h9H,2-8H2,1H3. The van der Waals surface area contributed by atoms with Crippen molar-refractivity contribution >= 4 is 8.07 Å². The first kappa shape index (κ1) is 8.64. The average Bonchev–Trinajstić information content (AvgIpc) is 2.96. The zero-order valence-corrected chi connectivity index (χ0v) is 9.22. The van der Waals surface area contributed by atoms with E-state index in [1.807, 2.05) is 0 Å². The van der Waals surface area contributed by atoms with Gasteiger partial charge in [-0.1, -0.05) is 6.92 Å². The molecule has 2 aliphatic heterocycles. The van der Waals surface area contributed by atoms with Crippen molar-refractivity contribution in [3.05, 3.63) is 0 Å². The van der Waals surface area contributed by atoms with Gasteiger partial charge in [-0.3, -0.25) is 4.67 Å². The third kappa shape index (κ3) is 1.35. The summed E-state index contributed by atoms with van der Waals surface area (Å²) in [6.07, 6.45) is 6.88. The van der Waals surface area contributed by atoms with E-state index in [-0.39, 0.29) is 8.07 Å². The molecule has 2 heterocycles. The van der Waals surface area contributed by atoms with Gasteiger partial charge in [0.15, 0.2) is 0 Å². The van der Waals surface area contributed by atoms with Crippen LogP contribution in [0.5, 0.6) is 0 Å². The predicted octanol–water partition coefficient (Wildman–Crippen LogP) is 2.25. The van der Waals surface area contributed by atoms with Crippen molar-refractivity contribution in [2.45, 2.75) is 32.2 Å². The molecule has 2 atom stereocenters. The van der Waals surface area contributed by atoms with Crippen LogP contribution in [0.15, 0.2) is 0 Å². The Hall–Kier alpha value is 0.350. The van der Waals surface area contributed by atoms with Gasteiger partial charge in [-0.2, -0.15) is 0 Å². The summed E-state index contributed by atoms with van der Waals surface area (Å²) in [5.74, 6) is 0. The predicted molar refractivity (Wildman–Crippen MR) is 55.1 cm³/mol. The molecular formula is C10H18NOP. The molecule has 2 saturated heterocycles. The van der Waals surface area contributed by atoms with E-state index in [4.69, 9.17) is 4.74 Å². The number of rotatable bonds is 3. The molecule has 74 valence electrons. The van der Waals surface area contributed by atoms with Crippen LogP contribution in [-0.2, 0) is 4.74 Å². The van der Waals surface area contributed by atoms with Gasteiger partial charge in [0, 0.05) is 18.7 Å². The molecular weight excluding hydrogens is 181 g/mol. The molecule has 2 unspecified atom stereocenters. The number of fused-ring (bicyclic) bond motifs is 2. The van der Waals surface area contributed by atoms with E-state index in [9.17, 15) is 0 Å². The lowest BCUT2D eigenvalue weighted by atomic mass is 10.0. The van der Waals surface area contributed by atoms with Crippen molar-refractivity contribution in [3.63, 3.8) is 0 Å². The molecule has 2 bridgehead atoms. The molecule has 0 aromatic heterocycles. The largest absolute Gasteiger partial charge is 0.374 e. The smallest absolute Gasteiger partial charge is 0.0797 e. The summed E-state index contributed by atoms with van der Waals surface area (Å²) >= 11 is 0. The van der Waals surface area contributed by atoms with Crippen LogP contribution in [-0.4, -0.2) is 36.4 Å². The second-order valence-corrected chi connectivity index (χ2v) is 6.94. The first-order valence-corrected chi connectivity index (χ1v) is 7.09. The highest BCUT2D eigenvalue weighted by Gasteiger charge is 2.49. The molecule has 0 spiro atoms. The second kappa shape index (κ2) is 2.92. The Morgan fingerprint density at radius 1 is 1.54 bits per heavy atom. The van der Waals surface area contributed by atoms with E-state index in [1.54, 1.807) is 0 Å². The number of ether oxygens (including phenoxy) is 1. The Balaban J connectivity index is 1.61. The summed E-state index contributed by atoms with van der Waals surface area (Å²) in [5.41, 5.74) is 0.747. The monoisotopic (exact) mass is 199 g/mol. The fraction of sp³-hybridized carbons (Fsp3) is 1.00. The van der Waals surface area contributed by atoms with Gasteiger partial charge in [0.2, 0.25) is 0 Å². The number of nitrogens with zero attached hydrogens (tertiary/aromatic N) is 1. The Labute approximate surface area is 81.4 Å². The van der Waals surface area contributed by atoms with Crippen LogP contribution in [0.1, 0.15) is 26.2 Å². The normalized spacial score (nSPS) is 41.3. The lowest BCUT2D eigenvalue weighted by Crippen LogP contribution is -2.53. The lowest BCUT2D eigenvalue weighted by Gasteiger charge is -2.53. The van der Waals surface area contributed by atoms with Crippen LogP contribution in [0, 0.1) is 5.41 Å². The summed E-state index contributed by atoms with van der Waals surface area (Å²) in [4.78, 5) is 0. The van der Waals surface area contributed by atoms with Crippen LogP contribution >= 0.6 is 8.07 Å². The van der Waals surface area contributed by atoms with Crippen molar-refractivity contribution < 1.29 is 4.74 Å². The maximum absolute atomic E-state index is 5.52. The van der Waals surface area contributed by atoms with Crippen LogP contribution in [0.25, 0.3) is 0 Å². The van der Waals surface area contributed by atoms with Crippen LogP contribution in [0.4, 0.5) is 0 Å². The van der Waals surface area contributed by atoms with E-state index < -0.39 is 0 Å². The molecule has 0 aromatic carbocycles. The van der Waals surface area contributed by atoms with Crippen molar-refractivity contribution in [2.24, 2.45) is 5.41 Å². The van der Waals surface area contributed by atoms with E-state index in [1.165, 1.54) is 32.0 Å². The highest BCUT2D eigenvalue weighted by Crippen LogP contribution is 2.60. The molecule has 0 aromatic rings. The Kier molecular flexibility index (Phi) is 1.94. The Bertz CT molecular complexity index is 203. The zero-order valence-electron chi connectivity index (χ0n) is 8.33. The van der Waals surface area contributed by atoms with Gasteiger partial charge in [-0.15, -0.1) is 0 Å². The fourth-order valence-electron chi connectivity index (χ4n) is 2.51. The molecule has 2 nitrogen and oxygen atoms in total. The minimum Gasteiger partial charge on any atom is -0.374 e. The van der Waals surface area contributed by atoms with Gasteiger partial charge in [0.05, 0.1) is 13.0 Å². The highest BCUT2D eigenvalue weighted by molar-refractivity contribution is 7.56. The summed E-state index contributed by atoms with van der Waals surface area (Å²) in [5, 5.41) is 0. The van der Waals surface area contributed by atoms with Gasteiger partial charge in [-0.25, -0.2) is 0 Å². The molecule has 3 rings (SSSR count). The van der Waals surface area contributed by atoms with Crippen molar-refractivity contribution in [1.29, 1.82) is 0 Å². The molecule has 1 aliphatic carbocycles. The van der Waals surface area contributed by atoms with Crippen LogP contribution in [0.2, 0.25) is 0 Å². The number of hydrogen-bond donors (Lipinski definition) is 0. The summed E-state index contributed by atoms with van der Waals surface area (Å²) in [7, 11) is 0.170. The summed E-state index contributed by atoms with van der Waals surface area (Å²) in [6.45, 7) is 4.76. The molecule has 0 N–H and O–H groups in total. The molecule has 3 aliphatic rings. The topological polar surface area (TPSA) is 12.5 Å². The zero-order chi connectivity index (χ0) is 8.89. The SMILES string of the molecule is CCC1(CN2C3COCP2C3)CC1. The van der Waals surface area contributed by atoms with Crippen molar-refractivity contribution in [1.82, 2.24) is 4.67 Å². The first-order valence-electron chi connectivity index (χ1n) is 5.42. The highest BCUT2D eigenvalue weighted by atomic mass is 31.1. The molecule has 3 fully saturated rings. The quantitative estimate of drug-likeness (QED) is 0.646. The third-order valence-electron chi connectivity index (χ3n) is 3.96. The van der Waals surface area contributed by atoms with Crippen LogP contribution in [0.3, 0.4) is 0 Å². The maximum atomic E-state index is 5.52. The average molecular weight is 199 g/mol. The van der Waals surface area contributed by atoms with E-state index in [0.29, 0.717) is 0 Å². The van der Waals surface area contributed by atoms with Gasteiger partial charge in [0.25, 0.3) is 0 Å². The van der Waals surface area contributed by atoms with Gasteiger partial charge >= 0.3 is 0 Å². The van der Waals surface area contributed by atoms with Crippen LogP contribution < -0.4 is 0 Å². The fourth-order valence-corrected chi connectivity index (χ4v) is 4.91. The van der Waals surface area contributed by atoms with E-state index >= 15 is 0 Å². The summed E-state index contributed by atoms with van der Waals surface area (Å²) in [6, 6.07) is 0.809. The van der Waals surface area contributed by atoms with Gasteiger partial charge in [-0.05, 0) is 32.7 Å². The Morgan fingerprint density at radius 2 is 2.38 bits per heavy atom. The van der Waals surface area contributed by atoms with E-state index in [2.05, 4.69) is 11.6 Å². The third-order valence-corrected chi connectivity index (χ3v) is 6.48.